The summed E-state index contributed by atoms with van der Waals surface area (Å²) in [6, 6.07) is 17.0. The van der Waals surface area contributed by atoms with Gasteiger partial charge in [-0.05, 0) is 48.5 Å². The lowest BCUT2D eigenvalue weighted by Gasteiger charge is -2.21. The number of carboxylic acid groups (broad SMARTS) is 1. The van der Waals surface area contributed by atoms with Gasteiger partial charge in [-0.15, -0.1) is 0 Å². The summed E-state index contributed by atoms with van der Waals surface area (Å²) >= 11 is 6.16. The molecule has 0 aromatic heterocycles. The molecule has 3 aromatic carbocycles. The van der Waals surface area contributed by atoms with Gasteiger partial charge in [-0.25, -0.2) is 4.79 Å². The molecule has 35 heavy (non-hydrogen) atoms. The van der Waals surface area contributed by atoms with E-state index in [9.17, 15) is 9.59 Å². The van der Waals surface area contributed by atoms with Gasteiger partial charge >= 0.3 is 5.97 Å². The standard InChI is InChI=1S/C25H26ClN5O4/c1-31(2)21-5-3-4-16(23(21)35-14-22(32)33)13-29-20-11-8-17(26)12-19(20)25(34)30-18-9-6-15(7-10-18)24(27)28/h3-12,29H,13-14H2,1-2H3,(H3,27,28)(H,30,34)(H,32,33). The Labute approximate surface area is 208 Å². The number of nitrogen functional groups attached to an aromatic ring is 1. The summed E-state index contributed by atoms with van der Waals surface area (Å²) < 4.78 is 5.58. The Hall–Kier alpha value is -4.24. The highest BCUT2D eigenvalue weighted by Crippen LogP contribution is 2.32. The van der Waals surface area contributed by atoms with Gasteiger partial charge in [0.2, 0.25) is 0 Å². The first-order valence-electron chi connectivity index (χ1n) is 10.6. The molecule has 9 nitrogen and oxygen atoms in total. The largest absolute Gasteiger partial charge is 0.479 e. The van der Waals surface area contributed by atoms with Crippen molar-refractivity contribution in [3.8, 4) is 5.75 Å². The van der Waals surface area contributed by atoms with Crippen molar-refractivity contribution >= 4 is 46.4 Å². The van der Waals surface area contributed by atoms with E-state index in [1.54, 1.807) is 42.5 Å². The Morgan fingerprint density at radius 2 is 1.83 bits per heavy atom. The molecule has 0 spiro atoms. The number of hydrogen-bond donors (Lipinski definition) is 5. The number of carbonyl (C=O) groups is 2. The van der Waals surface area contributed by atoms with Crippen molar-refractivity contribution in [1.82, 2.24) is 0 Å². The third-order valence-electron chi connectivity index (χ3n) is 5.05. The van der Waals surface area contributed by atoms with Crippen LogP contribution in [-0.2, 0) is 11.3 Å². The number of para-hydroxylation sites is 1. The third-order valence-corrected chi connectivity index (χ3v) is 5.28. The normalized spacial score (nSPS) is 10.4. The van der Waals surface area contributed by atoms with Crippen molar-refractivity contribution in [2.45, 2.75) is 6.54 Å². The van der Waals surface area contributed by atoms with E-state index in [1.165, 1.54) is 0 Å². The highest BCUT2D eigenvalue weighted by Gasteiger charge is 2.16. The second kappa shape index (κ2) is 11.3. The van der Waals surface area contributed by atoms with E-state index in [4.69, 9.17) is 32.6 Å². The first-order valence-corrected chi connectivity index (χ1v) is 11.0. The Bertz CT molecular complexity index is 1250. The minimum Gasteiger partial charge on any atom is -0.479 e. The zero-order valence-corrected chi connectivity index (χ0v) is 20.0. The van der Waals surface area contributed by atoms with Crippen molar-refractivity contribution in [2.24, 2.45) is 5.73 Å². The van der Waals surface area contributed by atoms with E-state index in [0.717, 1.165) is 11.3 Å². The number of anilines is 3. The quantitative estimate of drug-likeness (QED) is 0.211. The predicted molar refractivity (Wildman–Crippen MR) is 138 cm³/mol. The maximum absolute atomic E-state index is 13.0. The van der Waals surface area contributed by atoms with Crippen LogP contribution in [0.25, 0.3) is 0 Å². The molecule has 1 amide bonds. The zero-order chi connectivity index (χ0) is 25.5. The number of benzene rings is 3. The number of nitrogens with zero attached hydrogens (tertiary/aromatic N) is 1. The summed E-state index contributed by atoms with van der Waals surface area (Å²) in [5.41, 5.74) is 8.87. The summed E-state index contributed by atoms with van der Waals surface area (Å²) in [6.07, 6.45) is 0. The molecule has 0 aliphatic rings. The molecule has 3 aromatic rings. The summed E-state index contributed by atoms with van der Waals surface area (Å²) in [7, 11) is 3.68. The molecule has 0 radical (unpaired) electrons. The molecular formula is C25H26ClN5O4. The summed E-state index contributed by atoms with van der Waals surface area (Å²) in [4.78, 5) is 25.9. The van der Waals surface area contributed by atoms with Gasteiger partial charge in [0.05, 0.1) is 11.3 Å². The minimum absolute atomic E-state index is 0.0609. The highest BCUT2D eigenvalue weighted by molar-refractivity contribution is 6.31. The Kier molecular flexibility index (Phi) is 8.17. The van der Waals surface area contributed by atoms with Gasteiger partial charge in [0.1, 0.15) is 11.6 Å². The van der Waals surface area contributed by atoms with Crippen LogP contribution in [0.4, 0.5) is 17.1 Å². The van der Waals surface area contributed by atoms with E-state index in [1.807, 2.05) is 37.2 Å². The van der Waals surface area contributed by atoms with E-state index < -0.39 is 12.6 Å². The van der Waals surface area contributed by atoms with Gasteiger partial charge in [0, 0.05) is 48.2 Å². The molecule has 0 heterocycles. The molecular weight excluding hydrogens is 470 g/mol. The van der Waals surface area contributed by atoms with Gasteiger partial charge in [-0.3, -0.25) is 10.2 Å². The molecule has 0 aliphatic carbocycles. The zero-order valence-electron chi connectivity index (χ0n) is 19.3. The first kappa shape index (κ1) is 25.4. The van der Waals surface area contributed by atoms with Gasteiger partial charge in [0.15, 0.2) is 6.61 Å². The first-order chi connectivity index (χ1) is 16.7. The van der Waals surface area contributed by atoms with Crippen LogP contribution in [0.1, 0.15) is 21.5 Å². The Balaban J connectivity index is 1.83. The average molecular weight is 496 g/mol. The summed E-state index contributed by atoms with van der Waals surface area (Å²) in [6.45, 7) is -0.208. The number of nitrogens with two attached hydrogens (primary N) is 1. The number of amides is 1. The minimum atomic E-state index is -1.08. The van der Waals surface area contributed by atoms with Crippen LogP contribution in [-0.4, -0.2) is 43.5 Å². The molecule has 0 atom stereocenters. The fraction of sp³-hybridized carbons (Fsp3) is 0.160. The predicted octanol–water partition coefficient (Wildman–Crippen LogP) is 4.02. The Morgan fingerprint density at radius 1 is 1.11 bits per heavy atom. The number of carboxylic acids is 1. The number of hydrogen-bond acceptors (Lipinski definition) is 6. The molecule has 10 heteroatoms. The third kappa shape index (κ3) is 6.64. The van der Waals surface area contributed by atoms with Gasteiger partial charge in [-0.1, -0.05) is 23.7 Å². The topological polar surface area (TPSA) is 141 Å². The van der Waals surface area contributed by atoms with E-state index in [0.29, 0.717) is 33.3 Å². The van der Waals surface area contributed by atoms with Crippen LogP contribution in [0.5, 0.6) is 5.75 Å². The number of nitrogens with one attached hydrogen (secondary N) is 3. The molecule has 0 bridgehead atoms. The smallest absolute Gasteiger partial charge is 0.341 e. The summed E-state index contributed by atoms with van der Waals surface area (Å²) in [5, 5.41) is 23.0. The number of amidine groups is 1. The molecule has 0 saturated carbocycles. The highest BCUT2D eigenvalue weighted by atomic mass is 35.5. The van der Waals surface area contributed by atoms with E-state index in [-0.39, 0.29) is 18.3 Å². The van der Waals surface area contributed by atoms with Crippen molar-refractivity contribution in [2.75, 3.05) is 36.2 Å². The fourth-order valence-corrected chi connectivity index (χ4v) is 3.52. The average Bonchev–Trinajstić information content (AvgIpc) is 2.82. The second-order valence-electron chi connectivity index (χ2n) is 7.83. The van der Waals surface area contributed by atoms with Crippen molar-refractivity contribution < 1.29 is 19.4 Å². The lowest BCUT2D eigenvalue weighted by atomic mass is 10.1. The lowest BCUT2D eigenvalue weighted by Crippen LogP contribution is -2.17. The van der Waals surface area contributed by atoms with Crippen LogP contribution >= 0.6 is 11.6 Å². The molecule has 182 valence electrons. The molecule has 0 fully saturated rings. The number of aliphatic carboxylic acids is 1. The van der Waals surface area contributed by atoms with Crippen LogP contribution in [0.2, 0.25) is 5.02 Å². The SMILES string of the molecule is CN(C)c1cccc(CNc2ccc(Cl)cc2C(=O)Nc2ccc(C(=N)N)cc2)c1OCC(=O)O. The maximum Gasteiger partial charge on any atom is 0.341 e. The molecule has 0 unspecified atom stereocenters. The lowest BCUT2D eigenvalue weighted by molar-refractivity contribution is -0.139. The number of rotatable bonds is 10. The van der Waals surface area contributed by atoms with Gasteiger partial charge in [-0.2, -0.15) is 0 Å². The van der Waals surface area contributed by atoms with E-state index in [2.05, 4.69) is 10.6 Å². The van der Waals surface area contributed by atoms with Crippen LogP contribution < -0.4 is 26.0 Å². The van der Waals surface area contributed by atoms with Crippen molar-refractivity contribution in [1.29, 1.82) is 5.41 Å². The number of ether oxygens (including phenoxy) is 1. The van der Waals surface area contributed by atoms with Crippen molar-refractivity contribution in [3.63, 3.8) is 0 Å². The number of carbonyl (C=O) groups excluding carboxylic acids is 1. The van der Waals surface area contributed by atoms with Crippen molar-refractivity contribution in [3.05, 3.63) is 82.4 Å². The molecule has 0 aliphatic heterocycles. The van der Waals surface area contributed by atoms with Crippen LogP contribution in [0, 0.1) is 5.41 Å². The Morgan fingerprint density at radius 3 is 2.46 bits per heavy atom. The fourth-order valence-electron chi connectivity index (χ4n) is 3.34. The van der Waals surface area contributed by atoms with Crippen LogP contribution in [0.3, 0.4) is 0 Å². The summed E-state index contributed by atoms with van der Waals surface area (Å²) in [5.74, 6) is -1.08. The van der Waals surface area contributed by atoms with Crippen LogP contribution in [0.15, 0.2) is 60.7 Å². The monoisotopic (exact) mass is 495 g/mol. The number of halogens is 1. The van der Waals surface area contributed by atoms with Gasteiger partial charge < -0.3 is 31.1 Å². The molecule has 6 N–H and O–H groups in total. The maximum atomic E-state index is 13.0. The van der Waals surface area contributed by atoms with E-state index >= 15 is 0 Å². The van der Waals surface area contributed by atoms with Gasteiger partial charge in [0.25, 0.3) is 5.91 Å². The molecule has 0 saturated heterocycles. The second-order valence-corrected chi connectivity index (χ2v) is 8.27. The molecule has 3 rings (SSSR count).